The highest BCUT2D eigenvalue weighted by Gasteiger charge is 2.16. The van der Waals surface area contributed by atoms with E-state index >= 15 is 0 Å². The van der Waals surface area contributed by atoms with E-state index in [4.69, 9.17) is 21.1 Å². The number of carbonyl (C=O) groups is 1. The fraction of sp³-hybridized carbons (Fsp3) is 0.423. The number of aromatic nitrogens is 3. The first kappa shape index (κ1) is 25.2. The van der Waals surface area contributed by atoms with E-state index in [1.807, 2.05) is 37.3 Å². The smallest absolute Gasteiger partial charge is 0.277 e. The highest BCUT2D eigenvalue weighted by molar-refractivity contribution is 6.30. The van der Waals surface area contributed by atoms with E-state index in [0.29, 0.717) is 35.6 Å². The Bertz CT molecular complexity index is 1140. The summed E-state index contributed by atoms with van der Waals surface area (Å²) in [5.74, 6) is 1.36. The van der Waals surface area contributed by atoms with E-state index in [-0.39, 0.29) is 5.91 Å². The fourth-order valence-corrected chi connectivity index (χ4v) is 4.00. The molecular weight excluding hydrogens is 466 g/mol. The van der Waals surface area contributed by atoms with Gasteiger partial charge in [-0.2, -0.15) is 5.10 Å². The van der Waals surface area contributed by atoms with Gasteiger partial charge in [0.15, 0.2) is 5.69 Å². The minimum Gasteiger partial charge on any atom is -0.493 e. The molecule has 1 saturated heterocycles. The van der Waals surface area contributed by atoms with Crippen molar-refractivity contribution >= 4 is 23.3 Å². The Morgan fingerprint density at radius 3 is 2.69 bits per heavy atom. The zero-order chi connectivity index (χ0) is 24.8. The Kier molecular flexibility index (Phi) is 8.38. The van der Waals surface area contributed by atoms with Crippen molar-refractivity contribution in [3.8, 4) is 5.75 Å². The van der Waals surface area contributed by atoms with Crippen molar-refractivity contribution in [3.63, 3.8) is 0 Å². The largest absolute Gasteiger partial charge is 0.493 e. The quantitative estimate of drug-likeness (QED) is 0.471. The molecule has 35 heavy (non-hydrogen) atoms. The number of morpholine rings is 1. The summed E-state index contributed by atoms with van der Waals surface area (Å²) >= 11 is 6.23. The second-order valence-corrected chi connectivity index (χ2v) is 9.62. The van der Waals surface area contributed by atoms with E-state index < -0.39 is 0 Å². The molecule has 186 valence electrons. The minimum atomic E-state index is -0.303. The van der Waals surface area contributed by atoms with Gasteiger partial charge in [-0.3, -0.25) is 14.4 Å². The number of hydrogen-bond acceptors (Lipinski definition) is 6. The van der Waals surface area contributed by atoms with Crippen LogP contribution < -0.4 is 10.1 Å². The van der Waals surface area contributed by atoms with Gasteiger partial charge in [-0.15, -0.1) is 0 Å². The van der Waals surface area contributed by atoms with Gasteiger partial charge in [0, 0.05) is 42.1 Å². The number of pyridine rings is 1. The van der Waals surface area contributed by atoms with Crippen molar-refractivity contribution in [1.82, 2.24) is 19.7 Å². The summed E-state index contributed by atoms with van der Waals surface area (Å²) in [5, 5.41) is 7.99. The molecule has 0 aliphatic carbocycles. The van der Waals surface area contributed by atoms with Gasteiger partial charge < -0.3 is 14.8 Å². The Hall–Kier alpha value is -2.94. The number of anilines is 1. The maximum absolute atomic E-state index is 12.8. The SMILES string of the molecule is Cc1cc(C(=O)Nc2ccc(CN3CCOCC3)cn2)nn1Cc1cc(Cl)ccc1OCC(C)C. The molecule has 1 aromatic carbocycles. The number of benzene rings is 1. The zero-order valence-corrected chi connectivity index (χ0v) is 21.2. The molecule has 1 amide bonds. The number of hydrogen-bond donors (Lipinski definition) is 1. The lowest BCUT2D eigenvalue weighted by Crippen LogP contribution is -2.35. The molecule has 1 aliphatic rings. The lowest BCUT2D eigenvalue weighted by Gasteiger charge is -2.26. The number of aryl methyl sites for hydroxylation is 1. The van der Waals surface area contributed by atoms with Gasteiger partial charge in [0.2, 0.25) is 0 Å². The molecule has 9 heteroatoms. The molecule has 1 fully saturated rings. The van der Waals surface area contributed by atoms with Gasteiger partial charge in [0.05, 0.1) is 26.4 Å². The number of halogens is 1. The summed E-state index contributed by atoms with van der Waals surface area (Å²) in [4.78, 5) is 19.6. The summed E-state index contributed by atoms with van der Waals surface area (Å²) in [6, 6.07) is 11.1. The monoisotopic (exact) mass is 497 g/mol. The molecule has 2 aromatic heterocycles. The molecule has 0 bridgehead atoms. The van der Waals surface area contributed by atoms with E-state index in [1.165, 1.54) is 0 Å². The van der Waals surface area contributed by atoms with Crippen LogP contribution in [0.2, 0.25) is 5.02 Å². The molecule has 3 aromatic rings. The minimum absolute atomic E-state index is 0.303. The Morgan fingerprint density at radius 2 is 1.97 bits per heavy atom. The van der Waals surface area contributed by atoms with Crippen molar-refractivity contribution in [2.45, 2.75) is 33.9 Å². The van der Waals surface area contributed by atoms with E-state index in [2.05, 4.69) is 34.1 Å². The van der Waals surface area contributed by atoms with Crippen LogP contribution in [-0.4, -0.2) is 58.5 Å². The lowest BCUT2D eigenvalue weighted by molar-refractivity contribution is 0.0341. The number of carbonyl (C=O) groups excluding carboxylic acids is 1. The summed E-state index contributed by atoms with van der Waals surface area (Å²) in [6.45, 7) is 11.4. The van der Waals surface area contributed by atoms with E-state index in [1.54, 1.807) is 16.9 Å². The summed E-state index contributed by atoms with van der Waals surface area (Å²) in [6.07, 6.45) is 1.80. The molecule has 0 atom stereocenters. The maximum atomic E-state index is 12.8. The standard InChI is InChI=1S/C26H32ClN5O3/c1-18(2)17-35-24-6-5-22(27)13-21(24)16-32-19(3)12-23(30-32)26(33)29-25-7-4-20(14-28-25)15-31-8-10-34-11-9-31/h4-7,12-14,18H,8-11,15-17H2,1-3H3,(H,28,29,33). The van der Waals surface area contributed by atoms with Gasteiger partial charge in [0.1, 0.15) is 11.6 Å². The number of nitrogens with zero attached hydrogens (tertiary/aromatic N) is 4. The van der Waals surface area contributed by atoms with Crippen molar-refractivity contribution < 1.29 is 14.3 Å². The summed E-state index contributed by atoms with van der Waals surface area (Å²) in [7, 11) is 0. The van der Waals surface area contributed by atoms with Crippen LogP contribution in [0.5, 0.6) is 5.75 Å². The van der Waals surface area contributed by atoms with Gasteiger partial charge >= 0.3 is 0 Å². The van der Waals surface area contributed by atoms with Crippen LogP contribution in [0.15, 0.2) is 42.6 Å². The molecule has 1 N–H and O–H groups in total. The van der Waals surface area contributed by atoms with Crippen LogP contribution in [0, 0.1) is 12.8 Å². The van der Waals surface area contributed by atoms with Crippen molar-refractivity contribution in [2.75, 3.05) is 38.2 Å². The second-order valence-electron chi connectivity index (χ2n) is 9.18. The molecule has 0 saturated carbocycles. The third-order valence-electron chi connectivity index (χ3n) is 5.70. The van der Waals surface area contributed by atoms with Crippen molar-refractivity contribution in [1.29, 1.82) is 0 Å². The Labute approximate surface area is 211 Å². The zero-order valence-electron chi connectivity index (χ0n) is 20.5. The molecular formula is C26H32ClN5O3. The van der Waals surface area contributed by atoms with Crippen LogP contribution in [0.4, 0.5) is 5.82 Å². The van der Waals surface area contributed by atoms with Crippen LogP contribution in [0.25, 0.3) is 0 Å². The molecule has 0 spiro atoms. The second kappa shape index (κ2) is 11.7. The normalized spacial score (nSPS) is 14.3. The first-order valence-corrected chi connectivity index (χ1v) is 12.3. The summed E-state index contributed by atoms with van der Waals surface area (Å²) in [5.41, 5.74) is 3.20. The third-order valence-corrected chi connectivity index (χ3v) is 5.94. The lowest BCUT2D eigenvalue weighted by atomic mass is 10.2. The van der Waals surface area contributed by atoms with Crippen molar-refractivity contribution in [3.05, 3.63) is 70.1 Å². The van der Waals surface area contributed by atoms with Crippen LogP contribution in [0.1, 0.15) is 41.2 Å². The van der Waals surface area contributed by atoms with Gasteiger partial charge in [0.25, 0.3) is 5.91 Å². The third kappa shape index (κ3) is 7.04. The number of nitrogens with one attached hydrogen (secondary N) is 1. The van der Waals surface area contributed by atoms with E-state index in [0.717, 1.165) is 55.4 Å². The number of ether oxygens (including phenoxy) is 2. The molecule has 0 unspecified atom stereocenters. The average Bonchev–Trinajstić information content (AvgIpc) is 3.20. The Balaban J connectivity index is 1.40. The average molecular weight is 498 g/mol. The molecule has 1 aliphatic heterocycles. The highest BCUT2D eigenvalue weighted by Crippen LogP contribution is 2.25. The maximum Gasteiger partial charge on any atom is 0.277 e. The predicted molar refractivity (Wildman–Crippen MR) is 136 cm³/mol. The van der Waals surface area contributed by atoms with Crippen LogP contribution >= 0.6 is 11.6 Å². The van der Waals surface area contributed by atoms with Gasteiger partial charge in [-0.25, -0.2) is 4.98 Å². The molecule has 4 rings (SSSR count). The van der Waals surface area contributed by atoms with E-state index in [9.17, 15) is 4.79 Å². The van der Waals surface area contributed by atoms with Crippen molar-refractivity contribution in [2.24, 2.45) is 5.92 Å². The van der Waals surface area contributed by atoms with Gasteiger partial charge in [-0.05, 0) is 48.7 Å². The Morgan fingerprint density at radius 1 is 1.17 bits per heavy atom. The van der Waals surface area contributed by atoms with Crippen LogP contribution in [-0.2, 0) is 17.8 Å². The fourth-order valence-electron chi connectivity index (χ4n) is 3.80. The summed E-state index contributed by atoms with van der Waals surface area (Å²) < 4.78 is 13.1. The highest BCUT2D eigenvalue weighted by atomic mass is 35.5. The molecule has 3 heterocycles. The molecule has 8 nitrogen and oxygen atoms in total. The number of rotatable bonds is 9. The first-order valence-electron chi connectivity index (χ1n) is 11.9. The van der Waals surface area contributed by atoms with Crippen LogP contribution in [0.3, 0.4) is 0 Å². The predicted octanol–water partition coefficient (Wildman–Crippen LogP) is 4.41. The molecule has 0 radical (unpaired) electrons. The van der Waals surface area contributed by atoms with Gasteiger partial charge in [-0.1, -0.05) is 31.5 Å². The first-order chi connectivity index (χ1) is 16.9. The topological polar surface area (TPSA) is 81.5 Å². The number of amides is 1.